The highest BCUT2D eigenvalue weighted by Gasteiger charge is 2.20. The summed E-state index contributed by atoms with van der Waals surface area (Å²) in [4.78, 5) is 1.20. The summed E-state index contributed by atoms with van der Waals surface area (Å²) in [6.07, 6.45) is 2.63. The Labute approximate surface area is 124 Å². The minimum atomic E-state index is 0.731. The summed E-state index contributed by atoms with van der Waals surface area (Å²) in [5.74, 6) is 0. The lowest BCUT2D eigenvalue weighted by Crippen LogP contribution is -2.15. The van der Waals surface area contributed by atoms with Crippen molar-refractivity contribution in [2.45, 2.75) is 25.4 Å². The molecule has 1 heterocycles. The van der Waals surface area contributed by atoms with Gasteiger partial charge in [0.05, 0.1) is 0 Å². The van der Waals surface area contributed by atoms with Crippen LogP contribution in [0.1, 0.15) is 18.4 Å². The molecule has 4 heteroatoms. The fraction of sp³-hybridized carbons (Fsp3) is 0.286. The first kappa shape index (κ1) is 12.7. The van der Waals surface area contributed by atoms with Crippen molar-refractivity contribution in [2.75, 3.05) is 0 Å². The van der Waals surface area contributed by atoms with Crippen molar-refractivity contribution in [3.8, 4) is 10.4 Å². The summed E-state index contributed by atoms with van der Waals surface area (Å²) in [6, 6.07) is 9.12. The third kappa shape index (κ3) is 2.80. The van der Waals surface area contributed by atoms with Crippen LogP contribution in [0.3, 0.4) is 0 Å². The fourth-order valence-corrected chi connectivity index (χ4v) is 3.87. The van der Waals surface area contributed by atoms with E-state index in [4.69, 9.17) is 11.6 Å². The predicted octanol–water partition coefficient (Wildman–Crippen LogP) is 5.08. The van der Waals surface area contributed by atoms with Gasteiger partial charge in [-0.2, -0.15) is 0 Å². The monoisotopic (exact) mass is 341 g/mol. The van der Waals surface area contributed by atoms with Crippen LogP contribution in [-0.4, -0.2) is 6.04 Å². The molecule has 94 valence electrons. The Morgan fingerprint density at radius 2 is 2.17 bits per heavy atom. The van der Waals surface area contributed by atoms with Crippen molar-refractivity contribution < 1.29 is 0 Å². The van der Waals surface area contributed by atoms with E-state index in [1.165, 1.54) is 23.3 Å². The van der Waals surface area contributed by atoms with Gasteiger partial charge in [0, 0.05) is 32.5 Å². The molecule has 18 heavy (non-hydrogen) atoms. The SMILES string of the molecule is Clc1cc(CNC2CC2)ccc1-c1sccc1Br. The van der Waals surface area contributed by atoms with Gasteiger partial charge in [-0.15, -0.1) is 11.3 Å². The number of benzene rings is 1. The van der Waals surface area contributed by atoms with Gasteiger partial charge in [-0.3, -0.25) is 0 Å². The van der Waals surface area contributed by atoms with E-state index in [9.17, 15) is 0 Å². The molecule has 1 N–H and O–H groups in total. The average Bonchev–Trinajstić information content (AvgIpc) is 3.09. The lowest BCUT2D eigenvalue weighted by atomic mass is 10.1. The molecule has 0 saturated heterocycles. The summed E-state index contributed by atoms with van der Waals surface area (Å²) in [5, 5.41) is 6.40. The smallest absolute Gasteiger partial charge is 0.0499 e. The highest BCUT2D eigenvalue weighted by molar-refractivity contribution is 9.10. The van der Waals surface area contributed by atoms with Crippen molar-refractivity contribution in [1.29, 1.82) is 0 Å². The van der Waals surface area contributed by atoms with Gasteiger partial charge in [0.25, 0.3) is 0 Å². The van der Waals surface area contributed by atoms with Gasteiger partial charge in [-0.1, -0.05) is 23.7 Å². The summed E-state index contributed by atoms with van der Waals surface area (Å²) < 4.78 is 1.11. The highest BCUT2D eigenvalue weighted by atomic mass is 79.9. The van der Waals surface area contributed by atoms with Crippen LogP contribution < -0.4 is 5.32 Å². The lowest BCUT2D eigenvalue weighted by Gasteiger charge is -2.07. The molecule has 0 unspecified atom stereocenters. The van der Waals surface area contributed by atoms with Crippen molar-refractivity contribution in [2.24, 2.45) is 0 Å². The molecule has 0 amide bonds. The first-order valence-corrected chi connectivity index (χ1v) is 8.04. The summed E-state index contributed by atoms with van der Waals surface area (Å²) in [7, 11) is 0. The fourth-order valence-electron chi connectivity index (χ4n) is 1.89. The maximum Gasteiger partial charge on any atom is 0.0499 e. The van der Waals surface area contributed by atoms with E-state index in [0.717, 1.165) is 27.6 Å². The second-order valence-electron chi connectivity index (χ2n) is 4.57. The normalized spacial score (nSPS) is 15.0. The lowest BCUT2D eigenvalue weighted by molar-refractivity contribution is 0.688. The molecule has 1 aliphatic carbocycles. The van der Waals surface area contributed by atoms with Crippen LogP contribution in [0.5, 0.6) is 0 Å². The molecule has 0 aliphatic heterocycles. The molecule has 0 radical (unpaired) electrons. The van der Waals surface area contributed by atoms with Gasteiger partial charge >= 0.3 is 0 Å². The molecule has 3 rings (SSSR count). The van der Waals surface area contributed by atoms with Crippen LogP contribution in [0.4, 0.5) is 0 Å². The maximum absolute atomic E-state index is 6.38. The Balaban J connectivity index is 1.82. The molecule has 1 fully saturated rings. The van der Waals surface area contributed by atoms with Gasteiger partial charge in [0.15, 0.2) is 0 Å². The van der Waals surface area contributed by atoms with E-state index in [1.807, 2.05) is 0 Å². The standard InChI is InChI=1S/C14H13BrClNS/c15-12-5-6-18-14(12)11-4-1-9(7-13(11)16)8-17-10-2-3-10/h1,4-7,10,17H,2-3,8H2. The highest BCUT2D eigenvalue weighted by Crippen LogP contribution is 2.37. The van der Waals surface area contributed by atoms with E-state index in [1.54, 1.807) is 11.3 Å². The Hall–Kier alpha value is -0.350. The number of thiophene rings is 1. The zero-order chi connectivity index (χ0) is 12.5. The molecule has 1 saturated carbocycles. The molecular formula is C14H13BrClNS. The van der Waals surface area contributed by atoms with Gasteiger partial charge < -0.3 is 5.32 Å². The topological polar surface area (TPSA) is 12.0 Å². The molecule has 1 nitrogen and oxygen atoms in total. The zero-order valence-electron chi connectivity index (χ0n) is 9.75. The molecule has 0 spiro atoms. The Morgan fingerprint density at radius 1 is 1.33 bits per heavy atom. The molecule has 0 bridgehead atoms. The predicted molar refractivity (Wildman–Crippen MR) is 82.3 cm³/mol. The first-order chi connectivity index (χ1) is 8.74. The van der Waals surface area contributed by atoms with E-state index >= 15 is 0 Å². The number of hydrogen-bond donors (Lipinski definition) is 1. The number of nitrogens with one attached hydrogen (secondary N) is 1. The van der Waals surface area contributed by atoms with E-state index in [-0.39, 0.29) is 0 Å². The summed E-state index contributed by atoms with van der Waals surface area (Å²) >= 11 is 11.6. The van der Waals surface area contributed by atoms with Crippen LogP contribution in [-0.2, 0) is 6.54 Å². The molecule has 1 aromatic heterocycles. The molecule has 1 aromatic carbocycles. The van der Waals surface area contributed by atoms with E-state index in [2.05, 4.69) is 50.9 Å². The van der Waals surface area contributed by atoms with E-state index < -0.39 is 0 Å². The maximum atomic E-state index is 6.38. The van der Waals surface area contributed by atoms with Crippen LogP contribution in [0.15, 0.2) is 34.1 Å². The minimum Gasteiger partial charge on any atom is -0.310 e. The summed E-state index contributed by atoms with van der Waals surface area (Å²) in [5.41, 5.74) is 2.36. The second-order valence-corrected chi connectivity index (χ2v) is 6.74. The van der Waals surface area contributed by atoms with E-state index in [0.29, 0.717) is 0 Å². The Kier molecular flexibility index (Phi) is 3.76. The minimum absolute atomic E-state index is 0.731. The van der Waals surface area contributed by atoms with Gasteiger partial charge in [0.2, 0.25) is 0 Å². The van der Waals surface area contributed by atoms with Crippen LogP contribution in [0, 0.1) is 0 Å². The Bertz CT molecular complexity index is 563. The second kappa shape index (κ2) is 5.33. The van der Waals surface area contributed by atoms with Crippen molar-refractivity contribution in [1.82, 2.24) is 5.32 Å². The molecule has 1 aliphatic rings. The third-order valence-corrected chi connectivity index (χ3v) is 5.25. The third-order valence-electron chi connectivity index (χ3n) is 3.07. The molecule has 0 atom stereocenters. The molecular weight excluding hydrogens is 330 g/mol. The van der Waals surface area contributed by atoms with Crippen LogP contribution in [0.2, 0.25) is 5.02 Å². The van der Waals surface area contributed by atoms with Crippen molar-refractivity contribution in [3.05, 3.63) is 44.7 Å². The Morgan fingerprint density at radius 3 is 2.78 bits per heavy atom. The number of halogens is 2. The van der Waals surface area contributed by atoms with Gasteiger partial charge in [0.1, 0.15) is 0 Å². The number of rotatable bonds is 4. The van der Waals surface area contributed by atoms with Crippen molar-refractivity contribution in [3.63, 3.8) is 0 Å². The van der Waals surface area contributed by atoms with Gasteiger partial charge in [-0.05, 0) is 51.8 Å². The van der Waals surface area contributed by atoms with Gasteiger partial charge in [-0.25, -0.2) is 0 Å². The summed E-state index contributed by atoms with van der Waals surface area (Å²) in [6.45, 7) is 0.913. The quantitative estimate of drug-likeness (QED) is 0.816. The number of hydrogen-bond acceptors (Lipinski definition) is 2. The largest absolute Gasteiger partial charge is 0.310 e. The average molecular weight is 343 g/mol. The van der Waals surface area contributed by atoms with Crippen LogP contribution in [0.25, 0.3) is 10.4 Å². The molecule has 2 aromatic rings. The van der Waals surface area contributed by atoms with Crippen LogP contribution >= 0.6 is 38.9 Å². The zero-order valence-corrected chi connectivity index (χ0v) is 12.9. The van der Waals surface area contributed by atoms with Crippen molar-refractivity contribution >= 4 is 38.9 Å². The first-order valence-electron chi connectivity index (χ1n) is 5.99.